The Kier molecular flexibility index (Phi) is 3.22. The van der Waals surface area contributed by atoms with Crippen molar-refractivity contribution >= 4 is 5.91 Å². The van der Waals surface area contributed by atoms with Gasteiger partial charge < -0.3 is 5.32 Å². The lowest BCUT2D eigenvalue weighted by Gasteiger charge is -2.32. The number of amides is 1. The molecule has 3 rings (SSSR count). The maximum atomic E-state index is 11.9. The molecular formula is C11H18N6O. The fraction of sp³-hybridized carbons (Fsp3) is 0.818. The normalized spacial score (nSPS) is 28.0. The molecule has 3 heterocycles. The van der Waals surface area contributed by atoms with Crippen LogP contribution in [0.1, 0.15) is 25.7 Å². The lowest BCUT2D eigenvalue weighted by molar-refractivity contribution is -0.122. The highest BCUT2D eigenvalue weighted by Crippen LogP contribution is 2.26. The lowest BCUT2D eigenvalue weighted by atomic mass is 9.99. The molecule has 2 fully saturated rings. The third kappa shape index (κ3) is 2.35. The van der Waals surface area contributed by atoms with E-state index in [4.69, 9.17) is 0 Å². The van der Waals surface area contributed by atoms with Gasteiger partial charge in [0.25, 0.3) is 0 Å². The molecule has 1 N–H and O–H groups in total. The summed E-state index contributed by atoms with van der Waals surface area (Å²) in [5.74, 6) is -0.000256. The van der Waals surface area contributed by atoms with Crippen LogP contribution in [0, 0.1) is 0 Å². The van der Waals surface area contributed by atoms with Crippen LogP contribution in [-0.4, -0.2) is 56.2 Å². The minimum absolute atomic E-state index is 0.000256. The Balaban J connectivity index is 1.54. The first-order valence-electron chi connectivity index (χ1n) is 6.57. The van der Waals surface area contributed by atoms with Crippen LogP contribution in [0.25, 0.3) is 0 Å². The Morgan fingerprint density at radius 1 is 1.33 bits per heavy atom. The molecule has 0 saturated carbocycles. The van der Waals surface area contributed by atoms with Crippen LogP contribution >= 0.6 is 0 Å². The zero-order chi connectivity index (χ0) is 12.4. The van der Waals surface area contributed by atoms with Gasteiger partial charge in [0.2, 0.25) is 5.91 Å². The summed E-state index contributed by atoms with van der Waals surface area (Å²) in [4.78, 5) is 14.4. The van der Waals surface area contributed by atoms with Gasteiger partial charge >= 0.3 is 0 Å². The van der Waals surface area contributed by atoms with E-state index >= 15 is 0 Å². The van der Waals surface area contributed by atoms with E-state index in [-0.39, 0.29) is 12.5 Å². The van der Waals surface area contributed by atoms with E-state index < -0.39 is 0 Å². The summed E-state index contributed by atoms with van der Waals surface area (Å²) in [6.45, 7) is 2.50. The van der Waals surface area contributed by atoms with Crippen molar-refractivity contribution in [1.82, 2.24) is 30.4 Å². The largest absolute Gasteiger partial charge is 0.350 e. The first-order chi connectivity index (χ1) is 8.83. The Morgan fingerprint density at radius 3 is 3.11 bits per heavy atom. The summed E-state index contributed by atoms with van der Waals surface area (Å²) in [7, 11) is 0. The average molecular weight is 250 g/mol. The number of nitrogens with one attached hydrogen (secondary N) is 1. The molecule has 7 heteroatoms. The molecule has 2 saturated heterocycles. The molecule has 0 bridgehead atoms. The molecule has 0 aromatic carbocycles. The molecule has 1 aromatic rings. The summed E-state index contributed by atoms with van der Waals surface area (Å²) in [6, 6.07) is 0.839. The third-order valence-electron chi connectivity index (χ3n) is 3.90. The summed E-state index contributed by atoms with van der Waals surface area (Å²) in [5.41, 5.74) is 0. The predicted molar refractivity (Wildman–Crippen MR) is 63.6 cm³/mol. The minimum Gasteiger partial charge on any atom is -0.350 e. The number of carbonyl (C=O) groups excluding carboxylic acids is 1. The zero-order valence-corrected chi connectivity index (χ0v) is 10.3. The van der Waals surface area contributed by atoms with E-state index in [0.717, 1.165) is 13.0 Å². The highest BCUT2D eigenvalue weighted by Gasteiger charge is 2.36. The van der Waals surface area contributed by atoms with Gasteiger partial charge in [-0.3, -0.25) is 9.69 Å². The zero-order valence-electron chi connectivity index (χ0n) is 10.3. The second-order valence-corrected chi connectivity index (χ2v) is 5.07. The van der Waals surface area contributed by atoms with Crippen molar-refractivity contribution in [1.29, 1.82) is 0 Å². The lowest BCUT2D eigenvalue weighted by Crippen LogP contribution is -2.47. The molecule has 0 radical (unpaired) electrons. The van der Waals surface area contributed by atoms with Crippen molar-refractivity contribution < 1.29 is 4.79 Å². The Labute approximate surface area is 106 Å². The molecule has 2 aliphatic heterocycles. The molecule has 0 aliphatic carbocycles. The van der Waals surface area contributed by atoms with Crippen LogP contribution in [0.5, 0.6) is 0 Å². The third-order valence-corrected chi connectivity index (χ3v) is 3.90. The van der Waals surface area contributed by atoms with Crippen molar-refractivity contribution in [3.05, 3.63) is 6.33 Å². The van der Waals surface area contributed by atoms with Crippen LogP contribution in [0.15, 0.2) is 6.33 Å². The van der Waals surface area contributed by atoms with Crippen molar-refractivity contribution in [2.24, 2.45) is 0 Å². The summed E-state index contributed by atoms with van der Waals surface area (Å²) in [5, 5.41) is 13.8. The molecule has 18 heavy (non-hydrogen) atoms. The Morgan fingerprint density at radius 2 is 2.28 bits per heavy atom. The van der Waals surface area contributed by atoms with Gasteiger partial charge in [0.05, 0.1) is 0 Å². The number of tetrazole rings is 1. The minimum atomic E-state index is -0.000256. The Bertz CT molecular complexity index is 406. The first kappa shape index (κ1) is 11.6. The average Bonchev–Trinajstić information content (AvgIpc) is 3.00. The van der Waals surface area contributed by atoms with Crippen molar-refractivity contribution in [3.8, 4) is 0 Å². The first-order valence-corrected chi connectivity index (χ1v) is 6.57. The SMILES string of the molecule is O=C(Cn1cnnn1)N[C@@H]1CCN2CCCC[C@H]12. The smallest absolute Gasteiger partial charge is 0.242 e. The van der Waals surface area contributed by atoms with E-state index in [0.29, 0.717) is 12.1 Å². The molecule has 1 aromatic heterocycles. The highest BCUT2D eigenvalue weighted by molar-refractivity contribution is 5.76. The fourth-order valence-electron chi connectivity index (χ4n) is 3.07. The second-order valence-electron chi connectivity index (χ2n) is 5.07. The maximum Gasteiger partial charge on any atom is 0.242 e. The summed E-state index contributed by atoms with van der Waals surface area (Å²) < 4.78 is 1.45. The van der Waals surface area contributed by atoms with Crippen molar-refractivity contribution in [3.63, 3.8) is 0 Å². The summed E-state index contributed by atoms with van der Waals surface area (Å²) >= 11 is 0. The number of hydrogen-bond donors (Lipinski definition) is 1. The molecule has 98 valence electrons. The van der Waals surface area contributed by atoms with Crippen LogP contribution in [-0.2, 0) is 11.3 Å². The molecular weight excluding hydrogens is 232 g/mol. The molecule has 1 amide bonds. The van der Waals surface area contributed by atoms with E-state index in [1.165, 1.54) is 36.8 Å². The van der Waals surface area contributed by atoms with Crippen LogP contribution in [0.2, 0.25) is 0 Å². The fourth-order valence-corrected chi connectivity index (χ4v) is 3.07. The second kappa shape index (κ2) is 5.01. The van der Waals surface area contributed by atoms with Gasteiger partial charge in [-0.1, -0.05) is 6.42 Å². The van der Waals surface area contributed by atoms with Gasteiger partial charge in [0, 0.05) is 18.6 Å². The number of carbonyl (C=O) groups is 1. The predicted octanol–water partition coefficient (Wildman–Crippen LogP) is -0.584. The monoisotopic (exact) mass is 250 g/mol. The summed E-state index contributed by atoms with van der Waals surface area (Å²) in [6.07, 6.45) is 6.30. The van der Waals surface area contributed by atoms with Gasteiger partial charge in [-0.05, 0) is 36.2 Å². The van der Waals surface area contributed by atoms with Gasteiger partial charge in [0.15, 0.2) is 0 Å². The number of hydrogen-bond acceptors (Lipinski definition) is 5. The van der Waals surface area contributed by atoms with Crippen LogP contribution in [0.3, 0.4) is 0 Å². The van der Waals surface area contributed by atoms with E-state index in [1.807, 2.05) is 0 Å². The van der Waals surface area contributed by atoms with Crippen molar-refractivity contribution in [2.75, 3.05) is 13.1 Å². The Hall–Kier alpha value is -1.50. The van der Waals surface area contributed by atoms with Crippen LogP contribution in [0.4, 0.5) is 0 Å². The quantitative estimate of drug-likeness (QED) is 0.776. The molecule has 7 nitrogen and oxygen atoms in total. The van der Waals surface area contributed by atoms with E-state index in [1.54, 1.807) is 0 Å². The van der Waals surface area contributed by atoms with E-state index in [9.17, 15) is 4.79 Å². The number of nitrogens with zero attached hydrogens (tertiary/aromatic N) is 5. The standard InChI is InChI=1S/C11H18N6O/c18-11(7-17-8-12-14-15-17)13-9-4-6-16-5-2-1-3-10(9)16/h8-10H,1-7H2,(H,13,18)/t9-,10-/m1/s1. The molecule has 0 unspecified atom stereocenters. The number of aromatic nitrogens is 4. The molecule has 2 aliphatic rings. The topological polar surface area (TPSA) is 75.9 Å². The van der Waals surface area contributed by atoms with E-state index in [2.05, 4.69) is 25.7 Å². The number of rotatable bonds is 3. The number of fused-ring (bicyclic) bond motifs is 1. The van der Waals surface area contributed by atoms with Gasteiger partial charge in [-0.2, -0.15) is 0 Å². The highest BCUT2D eigenvalue weighted by atomic mass is 16.2. The maximum absolute atomic E-state index is 11.9. The molecule has 0 spiro atoms. The molecule has 2 atom stereocenters. The van der Waals surface area contributed by atoms with Crippen molar-refractivity contribution in [2.45, 2.75) is 44.3 Å². The van der Waals surface area contributed by atoms with Gasteiger partial charge in [-0.15, -0.1) is 5.10 Å². The van der Waals surface area contributed by atoms with Crippen LogP contribution < -0.4 is 5.32 Å². The van der Waals surface area contributed by atoms with Gasteiger partial charge in [-0.25, -0.2) is 4.68 Å². The van der Waals surface area contributed by atoms with Gasteiger partial charge in [0.1, 0.15) is 12.9 Å². The number of piperidine rings is 1.